The third-order valence-electron chi connectivity index (χ3n) is 6.30. The molecule has 12 nitrogen and oxygen atoms in total. The maximum Gasteiger partial charge on any atom is 0.328 e. The second-order valence-electron chi connectivity index (χ2n) is 11.2. The minimum Gasteiger partial charge on any atom is -0.490 e. The van der Waals surface area contributed by atoms with Gasteiger partial charge in [0, 0.05) is 72.2 Å². The van der Waals surface area contributed by atoms with Gasteiger partial charge in [0.05, 0.1) is 0 Å². The van der Waals surface area contributed by atoms with Gasteiger partial charge in [0.2, 0.25) is 0 Å². The van der Waals surface area contributed by atoms with Crippen molar-refractivity contribution in [1.82, 2.24) is 20.6 Å². The van der Waals surface area contributed by atoms with Crippen LogP contribution in [0.2, 0.25) is 0 Å². The Hall–Kier alpha value is -4.88. The van der Waals surface area contributed by atoms with Crippen LogP contribution in [0.3, 0.4) is 0 Å². The highest BCUT2D eigenvalue weighted by Gasteiger charge is 2.11. The molecule has 0 aliphatic carbocycles. The summed E-state index contributed by atoms with van der Waals surface area (Å²) in [5.74, 6) is -0.961. The van der Waals surface area contributed by atoms with Crippen LogP contribution < -0.4 is 20.1 Å². The molecule has 8 N–H and O–H groups in total. The molecule has 2 aromatic carbocycles. The lowest BCUT2D eigenvalue weighted by Crippen LogP contribution is -2.35. The summed E-state index contributed by atoms with van der Waals surface area (Å²) in [7, 11) is 0. The largest absolute Gasteiger partial charge is 0.490 e. The third-order valence-corrected chi connectivity index (χ3v) is 6.30. The quantitative estimate of drug-likeness (QED) is 0.0789. The van der Waals surface area contributed by atoms with E-state index in [0.29, 0.717) is 37.3 Å². The molecule has 48 heavy (non-hydrogen) atoms. The van der Waals surface area contributed by atoms with Crippen LogP contribution in [0.1, 0.15) is 27.7 Å². The van der Waals surface area contributed by atoms with E-state index in [-0.39, 0.29) is 13.2 Å². The van der Waals surface area contributed by atoms with Gasteiger partial charge in [-0.1, -0.05) is 52.0 Å². The van der Waals surface area contributed by atoms with Gasteiger partial charge in [-0.25, -0.2) is 9.59 Å². The summed E-state index contributed by atoms with van der Waals surface area (Å²) < 4.78 is 11.5. The number of hydrogen-bond donors (Lipinski definition) is 8. The van der Waals surface area contributed by atoms with Crippen molar-refractivity contribution in [3.63, 3.8) is 0 Å². The second kappa shape index (κ2) is 21.8. The summed E-state index contributed by atoms with van der Waals surface area (Å²) in [4.78, 5) is 25.4. The Labute approximate surface area is 281 Å². The van der Waals surface area contributed by atoms with E-state index in [1.54, 1.807) is 0 Å². The number of benzene rings is 2. The Bertz CT molecular complexity index is 1380. The van der Waals surface area contributed by atoms with Crippen molar-refractivity contribution in [3.05, 3.63) is 97.3 Å². The monoisotopic (exact) mass is 664 g/mol. The molecule has 0 aliphatic heterocycles. The van der Waals surface area contributed by atoms with Crippen molar-refractivity contribution in [1.29, 1.82) is 0 Å². The number of aromatic amines is 2. The van der Waals surface area contributed by atoms with E-state index in [9.17, 15) is 19.8 Å². The first-order chi connectivity index (χ1) is 23.0. The Morgan fingerprint density at radius 3 is 1.33 bits per heavy atom. The molecule has 0 aliphatic rings. The van der Waals surface area contributed by atoms with Gasteiger partial charge in [-0.15, -0.1) is 0 Å². The lowest BCUT2D eigenvalue weighted by atomic mass is 10.1. The molecule has 0 spiro atoms. The Balaban J connectivity index is 0.000000274. The number of carboxylic acids is 2. The van der Waals surface area contributed by atoms with Gasteiger partial charge in [-0.3, -0.25) is 0 Å². The number of aromatic nitrogens is 2. The molecule has 2 unspecified atom stereocenters. The number of aliphatic carboxylic acids is 2. The SMILES string of the molecule is CC(C)NCC(O)COc1ccccc1-c1ccc[nH]1.CC(C)NCC(O)COc1ccccc1-c1ccc[nH]1.O=C(O)/C=C/C(=O)O. The molecule has 260 valence electrons. The van der Waals surface area contributed by atoms with Crippen LogP contribution in [0.25, 0.3) is 22.5 Å². The van der Waals surface area contributed by atoms with E-state index in [1.807, 2.05) is 113 Å². The first-order valence-electron chi connectivity index (χ1n) is 15.6. The zero-order chi connectivity index (χ0) is 35.3. The van der Waals surface area contributed by atoms with E-state index in [2.05, 4.69) is 20.6 Å². The van der Waals surface area contributed by atoms with Crippen LogP contribution in [0.5, 0.6) is 11.5 Å². The molecule has 0 bridgehead atoms. The van der Waals surface area contributed by atoms with Crippen molar-refractivity contribution in [2.45, 2.75) is 52.0 Å². The molecule has 4 aromatic rings. The van der Waals surface area contributed by atoms with E-state index >= 15 is 0 Å². The average molecular weight is 665 g/mol. The molecule has 0 amide bonds. The average Bonchev–Trinajstić information content (AvgIpc) is 3.80. The van der Waals surface area contributed by atoms with Crippen LogP contribution in [0.15, 0.2) is 97.3 Å². The second-order valence-corrected chi connectivity index (χ2v) is 11.2. The number of nitrogens with one attached hydrogen (secondary N) is 4. The maximum atomic E-state index is 9.89. The number of ether oxygens (including phenoxy) is 2. The number of aliphatic hydroxyl groups is 2. The molecule has 0 radical (unpaired) electrons. The number of H-pyrrole nitrogens is 2. The van der Waals surface area contributed by atoms with Crippen LogP contribution in [0.4, 0.5) is 0 Å². The Morgan fingerprint density at radius 1 is 0.646 bits per heavy atom. The van der Waals surface area contributed by atoms with Crippen molar-refractivity contribution >= 4 is 11.9 Å². The summed E-state index contributed by atoms with van der Waals surface area (Å²) in [6, 6.07) is 24.3. The fourth-order valence-electron chi connectivity index (χ4n) is 4.00. The lowest BCUT2D eigenvalue weighted by Gasteiger charge is -2.16. The van der Waals surface area contributed by atoms with Crippen molar-refractivity contribution in [3.8, 4) is 34.0 Å². The molecule has 4 rings (SSSR count). The van der Waals surface area contributed by atoms with Crippen molar-refractivity contribution in [2.24, 2.45) is 0 Å². The number of carbonyl (C=O) groups is 2. The fraction of sp³-hybridized carbons (Fsp3) is 0.333. The van der Waals surface area contributed by atoms with E-state index < -0.39 is 24.1 Å². The van der Waals surface area contributed by atoms with Crippen molar-refractivity contribution in [2.75, 3.05) is 26.3 Å². The van der Waals surface area contributed by atoms with E-state index in [1.165, 1.54) is 0 Å². The zero-order valence-corrected chi connectivity index (χ0v) is 27.8. The van der Waals surface area contributed by atoms with Gasteiger partial charge in [-0.05, 0) is 48.5 Å². The summed E-state index contributed by atoms with van der Waals surface area (Å²) in [6.45, 7) is 9.81. The molecule has 2 aromatic heterocycles. The van der Waals surface area contributed by atoms with Gasteiger partial charge >= 0.3 is 11.9 Å². The van der Waals surface area contributed by atoms with Crippen LogP contribution >= 0.6 is 0 Å². The fourth-order valence-corrected chi connectivity index (χ4v) is 4.00. The number of hydrogen-bond acceptors (Lipinski definition) is 8. The summed E-state index contributed by atoms with van der Waals surface area (Å²) in [6.07, 6.45) is 3.84. The highest BCUT2D eigenvalue weighted by Crippen LogP contribution is 2.29. The predicted molar refractivity (Wildman–Crippen MR) is 186 cm³/mol. The molecule has 2 heterocycles. The maximum absolute atomic E-state index is 9.89. The normalized spacial score (nSPS) is 12.1. The number of rotatable bonds is 16. The summed E-state index contributed by atoms with van der Waals surface area (Å²) in [5, 5.41) is 41.8. The van der Waals surface area contributed by atoms with Gasteiger partial charge in [-0.2, -0.15) is 0 Å². The third kappa shape index (κ3) is 16.1. The Morgan fingerprint density at radius 2 is 1.02 bits per heavy atom. The van der Waals surface area contributed by atoms with Crippen LogP contribution in [0, 0.1) is 0 Å². The van der Waals surface area contributed by atoms with E-state index in [4.69, 9.17) is 19.7 Å². The lowest BCUT2D eigenvalue weighted by molar-refractivity contribution is -0.134. The van der Waals surface area contributed by atoms with Crippen LogP contribution in [-0.2, 0) is 9.59 Å². The molecular weight excluding hydrogens is 616 g/mol. The predicted octanol–water partition coefficient (Wildman–Crippen LogP) is 4.55. The molecular formula is C36H48N4O8. The van der Waals surface area contributed by atoms with Gasteiger partial charge in [0.1, 0.15) is 36.9 Å². The molecule has 2 atom stereocenters. The van der Waals surface area contributed by atoms with Gasteiger partial charge in [0.15, 0.2) is 0 Å². The number of aliphatic hydroxyl groups excluding tert-OH is 2. The highest BCUT2D eigenvalue weighted by molar-refractivity contribution is 5.89. The molecule has 0 fully saturated rings. The van der Waals surface area contributed by atoms with E-state index in [0.717, 1.165) is 34.0 Å². The number of carboxylic acid groups (broad SMARTS) is 2. The highest BCUT2D eigenvalue weighted by atomic mass is 16.5. The van der Waals surface area contributed by atoms with Gasteiger partial charge < -0.3 is 50.5 Å². The van der Waals surface area contributed by atoms with Crippen molar-refractivity contribution < 1.29 is 39.5 Å². The first kappa shape index (κ1) is 39.3. The summed E-state index contributed by atoms with van der Waals surface area (Å²) >= 11 is 0. The summed E-state index contributed by atoms with van der Waals surface area (Å²) in [5.41, 5.74) is 4.02. The minimum atomic E-state index is -1.26. The topological polar surface area (TPSA) is 189 Å². The van der Waals surface area contributed by atoms with Gasteiger partial charge in [0.25, 0.3) is 0 Å². The number of para-hydroxylation sites is 2. The minimum absolute atomic E-state index is 0.275. The smallest absolute Gasteiger partial charge is 0.328 e. The first-order valence-corrected chi connectivity index (χ1v) is 15.6. The zero-order valence-electron chi connectivity index (χ0n) is 27.8. The van der Waals surface area contributed by atoms with Crippen LogP contribution in [-0.4, -0.2) is 92.9 Å². The Kier molecular flexibility index (Phi) is 17.9. The standard InChI is InChI=1S/2C16H22N2O2.C4H4O4/c2*1-12(2)18-10-13(19)11-20-16-8-4-3-6-14(16)15-7-5-9-17-15;5-3(6)1-2-4(7)8/h2*3-9,12-13,17-19H,10-11H2,1-2H3;1-2H,(H,5,6)(H,7,8)/b;;2-1+. The molecule has 0 saturated carbocycles. The molecule has 12 heteroatoms. The molecule has 0 saturated heterocycles.